The molecule has 3 aromatic carbocycles. The lowest BCUT2D eigenvalue weighted by Gasteiger charge is -2.26. The quantitative estimate of drug-likeness (QED) is 0.168. The third-order valence-corrected chi connectivity index (χ3v) is 7.12. The van der Waals surface area contributed by atoms with Crippen LogP contribution in [0.4, 0.5) is 0 Å². The van der Waals surface area contributed by atoms with E-state index in [-0.39, 0.29) is 12.0 Å². The first kappa shape index (κ1) is 24.3. The van der Waals surface area contributed by atoms with Crippen molar-refractivity contribution >= 4 is 32.7 Å². The number of allylic oxidation sites excluding steroid dienone is 1. The zero-order valence-electron chi connectivity index (χ0n) is 20.6. The van der Waals surface area contributed by atoms with Gasteiger partial charge in [-0.1, -0.05) is 41.9 Å². The van der Waals surface area contributed by atoms with Crippen molar-refractivity contribution in [2.75, 3.05) is 13.1 Å². The third kappa shape index (κ3) is 4.71. The summed E-state index contributed by atoms with van der Waals surface area (Å²) in [5, 5.41) is 0.887. The van der Waals surface area contributed by atoms with E-state index in [2.05, 4.69) is 47.7 Å². The van der Waals surface area contributed by atoms with Crippen molar-refractivity contribution in [3.8, 4) is 22.6 Å². The Morgan fingerprint density at radius 1 is 1.06 bits per heavy atom. The number of carbonyl (C=O) groups is 1. The van der Waals surface area contributed by atoms with E-state index in [0.717, 1.165) is 57.6 Å². The van der Waals surface area contributed by atoms with Crippen LogP contribution in [0.1, 0.15) is 42.5 Å². The van der Waals surface area contributed by atoms with Gasteiger partial charge in [-0.25, -0.2) is 0 Å². The van der Waals surface area contributed by atoms with Crippen LogP contribution in [0.3, 0.4) is 0 Å². The van der Waals surface area contributed by atoms with Crippen molar-refractivity contribution in [3.05, 3.63) is 94.4 Å². The van der Waals surface area contributed by atoms with Gasteiger partial charge >= 0.3 is 0 Å². The highest BCUT2D eigenvalue weighted by atomic mass is 79.9. The van der Waals surface area contributed by atoms with Gasteiger partial charge in [0, 0.05) is 27.1 Å². The van der Waals surface area contributed by atoms with E-state index < -0.39 is 0 Å². The van der Waals surface area contributed by atoms with Crippen molar-refractivity contribution in [1.29, 1.82) is 0 Å². The molecule has 5 rings (SSSR count). The van der Waals surface area contributed by atoms with Crippen LogP contribution in [-0.4, -0.2) is 30.0 Å². The Kier molecular flexibility index (Phi) is 6.99. The summed E-state index contributed by atoms with van der Waals surface area (Å²) in [6, 6.07) is 19.1. The van der Waals surface area contributed by atoms with Crippen LogP contribution in [0.2, 0.25) is 0 Å². The van der Waals surface area contributed by atoms with Crippen LogP contribution in [-0.2, 0) is 6.42 Å². The molecule has 0 bridgehead atoms. The van der Waals surface area contributed by atoms with Gasteiger partial charge in [-0.3, -0.25) is 9.69 Å². The average molecular weight is 546 g/mol. The normalized spacial score (nSPS) is 13.5. The molecule has 0 saturated heterocycles. The standard InChI is InChI=1S/C30H28BrNO4/c1-4-32(5-2)19(3)35-24-14-10-20(11-15-24)28-25-17-22-7-6-16-34-26(22)18-27(25)36-30(28)29(33)21-8-12-23(31)13-9-21/h6,8-19H,4-5,7H2,1-3H3. The largest absolute Gasteiger partial charge is 0.475 e. The second-order valence-corrected chi connectivity index (χ2v) is 9.67. The first-order valence-electron chi connectivity index (χ1n) is 12.2. The number of ketones is 1. The summed E-state index contributed by atoms with van der Waals surface area (Å²) in [6.07, 6.45) is 4.39. The van der Waals surface area contributed by atoms with Crippen molar-refractivity contribution in [2.45, 2.75) is 33.4 Å². The maximum Gasteiger partial charge on any atom is 0.228 e. The Morgan fingerprint density at radius 3 is 2.47 bits per heavy atom. The van der Waals surface area contributed by atoms with Gasteiger partial charge < -0.3 is 13.9 Å². The molecule has 184 valence electrons. The molecule has 0 amide bonds. The predicted octanol–water partition coefficient (Wildman–Crippen LogP) is 7.61. The second kappa shape index (κ2) is 10.3. The van der Waals surface area contributed by atoms with Crippen molar-refractivity contribution in [3.63, 3.8) is 0 Å². The van der Waals surface area contributed by atoms with Crippen molar-refractivity contribution in [1.82, 2.24) is 4.90 Å². The van der Waals surface area contributed by atoms with Gasteiger partial charge in [0.1, 0.15) is 23.3 Å². The summed E-state index contributed by atoms with van der Waals surface area (Å²) in [6.45, 7) is 8.14. The topological polar surface area (TPSA) is 51.9 Å². The highest BCUT2D eigenvalue weighted by Gasteiger charge is 2.25. The summed E-state index contributed by atoms with van der Waals surface area (Å²) >= 11 is 3.44. The molecule has 0 aliphatic carbocycles. The molecular formula is C30H28BrNO4. The van der Waals surface area contributed by atoms with Gasteiger partial charge in [0.15, 0.2) is 5.76 Å². The molecule has 4 aromatic rings. The Morgan fingerprint density at radius 2 is 1.78 bits per heavy atom. The molecule has 36 heavy (non-hydrogen) atoms. The summed E-state index contributed by atoms with van der Waals surface area (Å²) in [5.41, 5.74) is 3.91. The maximum absolute atomic E-state index is 13.6. The Bertz CT molecular complexity index is 1420. The highest BCUT2D eigenvalue weighted by molar-refractivity contribution is 9.10. The average Bonchev–Trinajstić information content (AvgIpc) is 3.26. The van der Waals surface area contributed by atoms with E-state index in [4.69, 9.17) is 13.9 Å². The van der Waals surface area contributed by atoms with Gasteiger partial charge in [-0.05, 0) is 86.1 Å². The smallest absolute Gasteiger partial charge is 0.228 e. The van der Waals surface area contributed by atoms with E-state index in [1.54, 1.807) is 18.4 Å². The first-order chi connectivity index (χ1) is 17.5. The Balaban J connectivity index is 1.58. The van der Waals surface area contributed by atoms with E-state index in [0.29, 0.717) is 16.9 Å². The number of hydrogen-bond acceptors (Lipinski definition) is 5. The Labute approximate surface area is 219 Å². The number of halogens is 1. The molecule has 1 atom stereocenters. The van der Waals surface area contributed by atoms with E-state index >= 15 is 0 Å². The molecule has 0 saturated carbocycles. The fourth-order valence-corrected chi connectivity index (χ4v) is 4.89. The number of carbonyl (C=O) groups excluding carboxylic acids is 1. The number of ether oxygens (including phenoxy) is 2. The van der Waals surface area contributed by atoms with Gasteiger partial charge in [0.25, 0.3) is 0 Å². The molecule has 5 nitrogen and oxygen atoms in total. The lowest BCUT2D eigenvalue weighted by Crippen LogP contribution is -2.36. The SMILES string of the molecule is CCN(CC)C(C)Oc1ccc(-c2c(C(=O)c3ccc(Br)cc3)oc3cc4c(cc23)CC=CO4)cc1. The number of rotatable bonds is 8. The molecule has 0 N–H and O–H groups in total. The third-order valence-electron chi connectivity index (χ3n) is 6.59. The summed E-state index contributed by atoms with van der Waals surface area (Å²) < 4.78 is 19.0. The van der Waals surface area contributed by atoms with Crippen LogP contribution in [0.5, 0.6) is 11.5 Å². The second-order valence-electron chi connectivity index (χ2n) is 8.75. The van der Waals surface area contributed by atoms with Crippen LogP contribution in [0.15, 0.2) is 81.9 Å². The molecule has 0 radical (unpaired) electrons. The van der Waals surface area contributed by atoms with Crippen LogP contribution < -0.4 is 9.47 Å². The lowest BCUT2D eigenvalue weighted by atomic mass is 9.96. The predicted molar refractivity (Wildman–Crippen MR) is 146 cm³/mol. The van der Waals surface area contributed by atoms with Crippen LogP contribution in [0.25, 0.3) is 22.1 Å². The van der Waals surface area contributed by atoms with Crippen molar-refractivity contribution in [2.24, 2.45) is 0 Å². The molecule has 1 aromatic heterocycles. The number of benzene rings is 3. The zero-order valence-corrected chi connectivity index (χ0v) is 22.2. The summed E-state index contributed by atoms with van der Waals surface area (Å²) in [4.78, 5) is 15.9. The van der Waals surface area contributed by atoms with Gasteiger partial charge in [0.05, 0.1) is 6.26 Å². The fraction of sp³-hybridized carbons (Fsp3) is 0.233. The molecule has 1 aliphatic heterocycles. The van der Waals surface area contributed by atoms with Crippen LogP contribution >= 0.6 is 15.9 Å². The summed E-state index contributed by atoms with van der Waals surface area (Å²) in [5.74, 6) is 1.68. The van der Waals surface area contributed by atoms with E-state index in [1.165, 1.54) is 0 Å². The summed E-state index contributed by atoms with van der Waals surface area (Å²) in [7, 11) is 0. The first-order valence-corrected chi connectivity index (χ1v) is 13.0. The molecule has 1 aliphatic rings. The highest BCUT2D eigenvalue weighted by Crippen LogP contribution is 2.40. The maximum atomic E-state index is 13.6. The minimum Gasteiger partial charge on any atom is -0.475 e. The van der Waals surface area contributed by atoms with E-state index in [9.17, 15) is 4.79 Å². The zero-order chi connectivity index (χ0) is 25.2. The van der Waals surface area contributed by atoms with E-state index in [1.807, 2.05) is 48.5 Å². The van der Waals surface area contributed by atoms with Crippen LogP contribution in [0, 0.1) is 0 Å². The number of nitrogens with zero attached hydrogens (tertiary/aromatic N) is 1. The lowest BCUT2D eigenvalue weighted by molar-refractivity contribution is 0.0481. The molecule has 0 spiro atoms. The molecule has 6 heteroatoms. The van der Waals surface area contributed by atoms with Gasteiger partial charge in [-0.2, -0.15) is 0 Å². The number of furan rings is 1. The number of fused-ring (bicyclic) bond motifs is 2. The van der Waals surface area contributed by atoms with Gasteiger partial charge in [-0.15, -0.1) is 0 Å². The fourth-order valence-electron chi connectivity index (χ4n) is 4.62. The van der Waals surface area contributed by atoms with Crippen molar-refractivity contribution < 1.29 is 18.7 Å². The van der Waals surface area contributed by atoms with Gasteiger partial charge in [0.2, 0.25) is 5.78 Å². The molecule has 0 fully saturated rings. The monoisotopic (exact) mass is 545 g/mol. The Hall–Kier alpha value is -3.35. The molecular weight excluding hydrogens is 518 g/mol. The minimum atomic E-state index is -0.166. The number of hydrogen-bond donors (Lipinski definition) is 0. The molecule has 2 heterocycles. The minimum absolute atomic E-state index is 0.0327. The molecule has 1 unspecified atom stereocenters.